The molecule has 112 valence electrons. The number of carbonyl (C=O) groups excluding carboxylic acids is 1. The zero-order valence-electron chi connectivity index (χ0n) is 11.8. The molecular weight excluding hydrogens is 285 g/mol. The summed E-state index contributed by atoms with van der Waals surface area (Å²) in [5, 5.41) is 11.4. The minimum Gasteiger partial charge on any atom is -0.371 e. The van der Waals surface area contributed by atoms with Crippen molar-refractivity contribution in [3.05, 3.63) is 59.5 Å². The molecule has 0 unspecified atom stereocenters. The van der Waals surface area contributed by atoms with Crippen molar-refractivity contribution in [3.63, 3.8) is 0 Å². The minimum absolute atomic E-state index is 0.156. The Kier molecular flexibility index (Phi) is 5.57. The van der Waals surface area contributed by atoms with Crippen LogP contribution in [-0.4, -0.2) is 24.1 Å². The molecule has 1 aromatic heterocycles. The second-order valence-electron chi connectivity index (χ2n) is 4.49. The molecule has 6 heteroatoms. The fourth-order valence-corrected chi connectivity index (χ4v) is 1.81. The number of nitriles is 1. The maximum absolute atomic E-state index is 13.0. The molecule has 2 aromatic rings. The highest BCUT2D eigenvalue weighted by atomic mass is 19.1. The molecule has 22 heavy (non-hydrogen) atoms. The summed E-state index contributed by atoms with van der Waals surface area (Å²) in [6.07, 6.45) is 2.00. The summed E-state index contributed by atoms with van der Waals surface area (Å²) in [6.45, 7) is 0.140. The number of hydrogen-bond acceptors (Lipinski definition) is 4. The SMILES string of the molecule is N#Cc1cccnc1NC(=O)COCCc1cccc(F)c1. The van der Waals surface area contributed by atoms with Gasteiger partial charge in [-0.1, -0.05) is 12.1 Å². The summed E-state index contributed by atoms with van der Waals surface area (Å²) in [6, 6.07) is 11.3. The lowest BCUT2D eigenvalue weighted by molar-refractivity contribution is -0.120. The van der Waals surface area contributed by atoms with Gasteiger partial charge in [-0.3, -0.25) is 4.79 Å². The van der Waals surface area contributed by atoms with E-state index < -0.39 is 5.91 Å². The fourth-order valence-electron chi connectivity index (χ4n) is 1.81. The van der Waals surface area contributed by atoms with Gasteiger partial charge in [0.05, 0.1) is 12.2 Å². The number of anilines is 1. The van der Waals surface area contributed by atoms with E-state index in [-0.39, 0.29) is 23.8 Å². The van der Waals surface area contributed by atoms with Gasteiger partial charge in [-0.15, -0.1) is 0 Å². The first-order valence-corrected chi connectivity index (χ1v) is 6.66. The third-order valence-corrected chi connectivity index (χ3v) is 2.84. The Bertz CT molecular complexity index is 698. The molecule has 2 rings (SSSR count). The Morgan fingerprint density at radius 1 is 1.36 bits per heavy atom. The van der Waals surface area contributed by atoms with Crippen LogP contribution in [0.3, 0.4) is 0 Å². The van der Waals surface area contributed by atoms with Crippen molar-refractivity contribution in [1.29, 1.82) is 5.26 Å². The lowest BCUT2D eigenvalue weighted by Crippen LogP contribution is -2.20. The monoisotopic (exact) mass is 299 g/mol. The molecule has 0 saturated carbocycles. The quantitative estimate of drug-likeness (QED) is 0.830. The molecule has 1 aromatic carbocycles. The number of hydrogen-bond donors (Lipinski definition) is 1. The molecule has 1 amide bonds. The predicted molar refractivity (Wildman–Crippen MR) is 78.5 cm³/mol. The molecule has 5 nitrogen and oxygen atoms in total. The standard InChI is InChI=1S/C16H14FN3O2/c17-14-5-1-3-12(9-14)6-8-22-11-15(21)20-16-13(10-18)4-2-7-19-16/h1-5,7,9H,6,8,11H2,(H,19,20,21). The first kappa shape index (κ1) is 15.6. The van der Waals surface area contributed by atoms with Crippen molar-refractivity contribution in [1.82, 2.24) is 4.98 Å². The molecule has 0 bridgehead atoms. The summed E-state index contributed by atoms with van der Waals surface area (Å²) in [4.78, 5) is 15.6. The van der Waals surface area contributed by atoms with E-state index in [0.717, 1.165) is 5.56 Å². The zero-order chi connectivity index (χ0) is 15.8. The van der Waals surface area contributed by atoms with Crippen LogP contribution in [0.4, 0.5) is 10.2 Å². The van der Waals surface area contributed by atoms with E-state index in [9.17, 15) is 9.18 Å². The van der Waals surface area contributed by atoms with Crippen LogP contribution in [0.2, 0.25) is 0 Å². The van der Waals surface area contributed by atoms with Crippen LogP contribution in [0.15, 0.2) is 42.6 Å². The molecule has 0 aliphatic rings. The summed E-state index contributed by atoms with van der Waals surface area (Å²) < 4.78 is 18.2. The Balaban J connectivity index is 1.75. The van der Waals surface area contributed by atoms with Crippen molar-refractivity contribution in [2.75, 3.05) is 18.5 Å². The maximum Gasteiger partial charge on any atom is 0.251 e. The van der Waals surface area contributed by atoms with Crippen molar-refractivity contribution in [3.8, 4) is 6.07 Å². The van der Waals surface area contributed by atoms with Crippen LogP contribution < -0.4 is 5.32 Å². The van der Waals surface area contributed by atoms with Gasteiger partial charge in [0.1, 0.15) is 18.5 Å². The van der Waals surface area contributed by atoms with Gasteiger partial charge in [0.25, 0.3) is 5.91 Å². The van der Waals surface area contributed by atoms with Crippen LogP contribution in [0, 0.1) is 17.1 Å². The van der Waals surface area contributed by atoms with Crippen LogP contribution in [0.5, 0.6) is 0 Å². The lowest BCUT2D eigenvalue weighted by Gasteiger charge is -2.07. The number of nitrogens with zero attached hydrogens (tertiary/aromatic N) is 2. The number of benzene rings is 1. The second kappa shape index (κ2) is 7.86. The van der Waals surface area contributed by atoms with E-state index in [1.165, 1.54) is 18.3 Å². The molecule has 0 atom stereocenters. The predicted octanol–water partition coefficient (Wildman–Crippen LogP) is 2.29. The molecule has 0 radical (unpaired) electrons. The van der Waals surface area contributed by atoms with Crippen molar-refractivity contribution < 1.29 is 13.9 Å². The Labute approximate surface area is 127 Å². The summed E-state index contributed by atoms with van der Waals surface area (Å²) in [7, 11) is 0. The summed E-state index contributed by atoms with van der Waals surface area (Å²) >= 11 is 0. The normalized spacial score (nSPS) is 10.0. The van der Waals surface area contributed by atoms with Gasteiger partial charge in [0.2, 0.25) is 0 Å². The number of ether oxygens (including phenoxy) is 1. The second-order valence-corrected chi connectivity index (χ2v) is 4.49. The van der Waals surface area contributed by atoms with Gasteiger partial charge in [0, 0.05) is 6.20 Å². The van der Waals surface area contributed by atoms with Crippen LogP contribution in [0.25, 0.3) is 0 Å². The number of rotatable bonds is 6. The fraction of sp³-hybridized carbons (Fsp3) is 0.188. The van der Waals surface area contributed by atoms with Gasteiger partial charge in [-0.2, -0.15) is 5.26 Å². The van der Waals surface area contributed by atoms with Gasteiger partial charge in [-0.25, -0.2) is 9.37 Å². The van der Waals surface area contributed by atoms with Crippen molar-refractivity contribution in [2.45, 2.75) is 6.42 Å². The van der Waals surface area contributed by atoms with Gasteiger partial charge < -0.3 is 10.1 Å². The van der Waals surface area contributed by atoms with Crippen LogP contribution >= 0.6 is 0 Å². The molecular formula is C16H14FN3O2. The number of amides is 1. The van der Waals surface area contributed by atoms with Crippen LogP contribution in [0.1, 0.15) is 11.1 Å². The molecule has 0 saturated heterocycles. The number of aromatic nitrogens is 1. The van der Waals surface area contributed by atoms with Crippen LogP contribution in [-0.2, 0) is 16.0 Å². The summed E-state index contributed by atoms with van der Waals surface area (Å²) in [5.74, 6) is -0.479. The Morgan fingerprint density at radius 3 is 3.00 bits per heavy atom. The van der Waals surface area contributed by atoms with E-state index in [4.69, 9.17) is 10.00 Å². The highest BCUT2D eigenvalue weighted by Gasteiger charge is 2.07. The average Bonchev–Trinajstić information content (AvgIpc) is 2.52. The highest BCUT2D eigenvalue weighted by molar-refractivity contribution is 5.91. The van der Waals surface area contributed by atoms with Gasteiger partial charge >= 0.3 is 0 Å². The zero-order valence-corrected chi connectivity index (χ0v) is 11.8. The number of pyridine rings is 1. The molecule has 1 N–H and O–H groups in total. The van der Waals surface area contributed by atoms with Crippen molar-refractivity contribution >= 4 is 11.7 Å². The van der Waals surface area contributed by atoms with Gasteiger partial charge in [0.15, 0.2) is 5.82 Å². The highest BCUT2D eigenvalue weighted by Crippen LogP contribution is 2.09. The first-order valence-electron chi connectivity index (χ1n) is 6.66. The summed E-state index contributed by atoms with van der Waals surface area (Å²) in [5.41, 5.74) is 1.09. The minimum atomic E-state index is -0.394. The molecule has 0 aliphatic heterocycles. The van der Waals surface area contributed by atoms with E-state index in [1.54, 1.807) is 24.3 Å². The maximum atomic E-state index is 13.0. The Morgan fingerprint density at radius 2 is 2.23 bits per heavy atom. The smallest absolute Gasteiger partial charge is 0.251 e. The van der Waals surface area contributed by atoms with E-state index >= 15 is 0 Å². The van der Waals surface area contributed by atoms with Crippen molar-refractivity contribution in [2.24, 2.45) is 0 Å². The Hall–Kier alpha value is -2.78. The van der Waals surface area contributed by atoms with E-state index in [0.29, 0.717) is 13.0 Å². The lowest BCUT2D eigenvalue weighted by atomic mass is 10.2. The molecule has 0 spiro atoms. The molecule has 1 heterocycles. The average molecular weight is 299 g/mol. The van der Waals surface area contributed by atoms with E-state index in [1.807, 2.05) is 6.07 Å². The third kappa shape index (κ3) is 4.65. The third-order valence-electron chi connectivity index (χ3n) is 2.84. The number of carbonyl (C=O) groups is 1. The topological polar surface area (TPSA) is 75.0 Å². The molecule has 0 fully saturated rings. The van der Waals surface area contributed by atoms with E-state index in [2.05, 4.69) is 10.3 Å². The number of nitrogens with one attached hydrogen (secondary N) is 1. The first-order chi connectivity index (χ1) is 10.7. The molecule has 0 aliphatic carbocycles. The number of halogens is 1. The van der Waals surface area contributed by atoms with Gasteiger partial charge in [-0.05, 0) is 36.2 Å². The largest absolute Gasteiger partial charge is 0.371 e.